The minimum atomic E-state index is -0.169. The first-order valence-corrected chi connectivity index (χ1v) is 7.70. The van der Waals surface area contributed by atoms with E-state index in [2.05, 4.69) is 28.1 Å². The summed E-state index contributed by atoms with van der Waals surface area (Å²) in [7, 11) is 0. The summed E-state index contributed by atoms with van der Waals surface area (Å²) in [6.07, 6.45) is 0.554. The summed E-state index contributed by atoms with van der Waals surface area (Å²) in [5.74, 6) is -0.214. The van der Waals surface area contributed by atoms with Crippen molar-refractivity contribution in [2.45, 2.75) is 17.3 Å². The normalized spacial score (nSPS) is 25.4. The first kappa shape index (κ1) is 13.4. The molecule has 0 saturated carbocycles. The molecule has 1 saturated heterocycles. The molecule has 2 aromatic rings. The second-order valence-corrected chi connectivity index (χ2v) is 6.17. The maximum atomic E-state index is 12.1. The molecule has 1 heterocycles. The Hall–Kier alpha value is -1.57. The van der Waals surface area contributed by atoms with Crippen molar-refractivity contribution in [1.29, 1.82) is 0 Å². The first-order chi connectivity index (χ1) is 9.75. The molecule has 101 valence electrons. The Bertz CT molecular complexity index is 582. The number of benzene rings is 2. The van der Waals surface area contributed by atoms with Crippen LogP contribution in [0, 0.1) is 5.92 Å². The fraction of sp³-hybridized carbons (Fsp3) is 0.235. The van der Waals surface area contributed by atoms with Crippen molar-refractivity contribution in [1.82, 2.24) is 0 Å². The van der Waals surface area contributed by atoms with Gasteiger partial charge in [-0.15, -0.1) is 0 Å². The van der Waals surface area contributed by atoms with Crippen LogP contribution in [0.25, 0.3) is 0 Å². The second kappa shape index (κ2) is 5.82. The van der Waals surface area contributed by atoms with Gasteiger partial charge in [-0.2, -0.15) is 0 Å². The van der Waals surface area contributed by atoms with Crippen LogP contribution < -0.4 is 0 Å². The molecule has 1 fully saturated rings. The van der Waals surface area contributed by atoms with E-state index in [0.717, 1.165) is 12.0 Å². The molecule has 3 atom stereocenters. The molecule has 1 aliphatic heterocycles. The van der Waals surface area contributed by atoms with Crippen molar-refractivity contribution in [3.05, 3.63) is 71.8 Å². The zero-order valence-corrected chi connectivity index (χ0v) is 12.7. The van der Waals surface area contributed by atoms with Crippen LogP contribution in [0.4, 0.5) is 0 Å². The van der Waals surface area contributed by atoms with Crippen LogP contribution in [0.3, 0.4) is 0 Å². The third-order valence-corrected chi connectivity index (χ3v) is 4.88. The van der Waals surface area contributed by atoms with Crippen LogP contribution >= 0.6 is 0 Å². The quantitative estimate of drug-likeness (QED) is 0.639. The summed E-state index contributed by atoms with van der Waals surface area (Å²) in [5, 5.41) is 0. The molecule has 3 rings (SSSR count). The first-order valence-electron chi connectivity index (χ1n) is 6.71. The molecule has 0 aliphatic carbocycles. The van der Waals surface area contributed by atoms with Crippen LogP contribution in [0.2, 0.25) is 4.82 Å². The van der Waals surface area contributed by atoms with Crippen molar-refractivity contribution in [2.24, 2.45) is 5.92 Å². The summed E-state index contributed by atoms with van der Waals surface area (Å²) < 4.78 is 5.57. The van der Waals surface area contributed by atoms with Crippen LogP contribution in [-0.2, 0) is 16.0 Å². The van der Waals surface area contributed by atoms with E-state index in [-0.39, 0.29) is 22.8 Å². The Balaban J connectivity index is 1.79. The molecule has 0 spiro atoms. The van der Waals surface area contributed by atoms with Crippen LogP contribution in [0.5, 0.6) is 0 Å². The summed E-state index contributed by atoms with van der Waals surface area (Å²) in [5.41, 5.74) is 2.23. The Morgan fingerprint density at radius 3 is 2.20 bits per heavy atom. The molecule has 3 heteroatoms. The topological polar surface area (TPSA) is 26.3 Å². The van der Waals surface area contributed by atoms with E-state index in [0.29, 0.717) is 0 Å². The number of esters is 1. The number of hydrogen-bond acceptors (Lipinski definition) is 2. The Morgan fingerprint density at radius 2 is 1.55 bits per heavy atom. The Kier molecular flexibility index (Phi) is 3.90. The van der Waals surface area contributed by atoms with E-state index in [1.54, 1.807) is 0 Å². The zero-order chi connectivity index (χ0) is 13.9. The Morgan fingerprint density at radius 1 is 0.950 bits per heavy atom. The monoisotopic (exact) mass is 331 g/mol. The Labute approximate surface area is 127 Å². The molecular weight excluding hydrogens is 315 g/mol. The molecule has 1 aliphatic rings. The molecule has 0 bridgehead atoms. The van der Waals surface area contributed by atoms with Gasteiger partial charge in [-0.05, 0) is 0 Å². The van der Waals surface area contributed by atoms with Crippen molar-refractivity contribution in [2.75, 3.05) is 0 Å². The van der Waals surface area contributed by atoms with Gasteiger partial charge in [0.1, 0.15) is 0 Å². The minimum absolute atomic E-state index is 0.0742. The van der Waals surface area contributed by atoms with Gasteiger partial charge in [-0.25, -0.2) is 0 Å². The predicted octanol–water partition coefficient (Wildman–Crippen LogP) is 3.10. The average Bonchev–Trinajstić information content (AvgIpc) is 2.77. The van der Waals surface area contributed by atoms with Gasteiger partial charge in [-0.3, -0.25) is 0 Å². The molecule has 1 radical (unpaired) electrons. The van der Waals surface area contributed by atoms with E-state index in [9.17, 15) is 4.79 Å². The van der Waals surface area contributed by atoms with Gasteiger partial charge in [-0.1, -0.05) is 0 Å². The van der Waals surface area contributed by atoms with Crippen molar-refractivity contribution in [3.63, 3.8) is 0 Å². The zero-order valence-electron chi connectivity index (χ0n) is 10.9. The molecule has 20 heavy (non-hydrogen) atoms. The second-order valence-electron chi connectivity index (χ2n) is 5.03. The van der Waals surface area contributed by atoms with Gasteiger partial charge < -0.3 is 0 Å². The van der Waals surface area contributed by atoms with Gasteiger partial charge in [0.25, 0.3) is 0 Å². The summed E-state index contributed by atoms with van der Waals surface area (Å²) in [6, 6.07) is 20.0. The van der Waals surface area contributed by atoms with E-state index in [1.165, 1.54) is 5.56 Å². The van der Waals surface area contributed by atoms with E-state index in [1.807, 2.05) is 48.5 Å². The third kappa shape index (κ3) is 2.65. The van der Waals surface area contributed by atoms with Crippen molar-refractivity contribution in [3.8, 4) is 0 Å². The van der Waals surface area contributed by atoms with Crippen LogP contribution in [0.1, 0.15) is 17.2 Å². The molecular formula is C17H15O2Se. The van der Waals surface area contributed by atoms with Crippen LogP contribution in [-0.4, -0.2) is 22.0 Å². The molecule has 0 N–H and O–H groups in total. The average molecular weight is 330 g/mol. The van der Waals surface area contributed by atoms with Gasteiger partial charge in [0.05, 0.1) is 0 Å². The summed E-state index contributed by atoms with van der Waals surface area (Å²) in [4.78, 5) is 12.2. The number of cyclic esters (lactones) is 1. The third-order valence-electron chi connectivity index (χ3n) is 3.67. The van der Waals surface area contributed by atoms with Gasteiger partial charge in [0.15, 0.2) is 0 Å². The molecule has 2 nitrogen and oxygen atoms in total. The SMILES string of the molecule is O=C1OC(c2ccccc2)C([Se])C1Cc1ccccc1. The molecule has 3 unspecified atom stereocenters. The van der Waals surface area contributed by atoms with Crippen molar-refractivity contribution >= 4 is 22.0 Å². The predicted molar refractivity (Wildman–Crippen MR) is 78.4 cm³/mol. The summed E-state index contributed by atoms with van der Waals surface area (Å²) >= 11 is 3.14. The standard InChI is InChI=1S/C17H15O2Se/c18-17-14(11-12-7-3-1-4-8-12)16(20)15(19-17)13-9-5-2-6-10-13/h1-10,14-16H,11H2. The van der Waals surface area contributed by atoms with E-state index >= 15 is 0 Å². The number of ether oxygens (including phenoxy) is 1. The molecule has 0 amide bonds. The number of carbonyl (C=O) groups is 1. The number of carbonyl (C=O) groups excluding carboxylic acids is 1. The van der Waals surface area contributed by atoms with Gasteiger partial charge in [0.2, 0.25) is 0 Å². The molecule has 2 aromatic carbocycles. The fourth-order valence-electron chi connectivity index (χ4n) is 2.59. The van der Waals surface area contributed by atoms with Gasteiger partial charge in [0, 0.05) is 0 Å². The van der Waals surface area contributed by atoms with E-state index < -0.39 is 0 Å². The van der Waals surface area contributed by atoms with Crippen molar-refractivity contribution < 1.29 is 9.53 Å². The van der Waals surface area contributed by atoms with Crippen LogP contribution in [0.15, 0.2) is 60.7 Å². The van der Waals surface area contributed by atoms with Gasteiger partial charge >= 0.3 is 127 Å². The maximum absolute atomic E-state index is 12.1. The molecule has 0 aromatic heterocycles. The summed E-state index contributed by atoms with van der Waals surface area (Å²) in [6.45, 7) is 0. The number of rotatable bonds is 3. The van der Waals surface area contributed by atoms with E-state index in [4.69, 9.17) is 4.74 Å². The number of hydrogen-bond donors (Lipinski definition) is 0. The fourth-order valence-corrected chi connectivity index (χ4v) is 3.47.